The van der Waals surface area contributed by atoms with Gasteiger partial charge in [0.05, 0.1) is 22.8 Å². The molecule has 4 atom stereocenters. The van der Waals surface area contributed by atoms with E-state index in [1.54, 1.807) is 30.5 Å². The predicted octanol–water partition coefficient (Wildman–Crippen LogP) is 5.00. The van der Waals surface area contributed by atoms with Crippen LogP contribution in [0.15, 0.2) is 41.6 Å². The van der Waals surface area contributed by atoms with Crippen LogP contribution in [-0.2, 0) is 0 Å². The van der Waals surface area contributed by atoms with E-state index < -0.39 is 17.7 Å². The van der Waals surface area contributed by atoms with E-state index in [0.717, 1.165) is 19.3 Å². The second-order valence-electron chi connectivity index (χ2n) is 10.3. The van der Waals surface area contributed by atoms with Gasteiger partial charge in [-0.2, -0.15) is 4.39 Å². The van der Waals surface area contributed by atoms with Crippen molar-refractivity contribution >= 4 is 17.6 Å². The summed E-state index contributed by atoms with van der Waals surface area (Å²) in [6, 6.07) is 7.72. The number of halogens is 2. The Morgan fingerprint density at radius 1 is 1.14 bits per heavy atom. The molecule has 0 unspecified atom stereocenters. The van der Waals surface area contributed by atoms with Gasteiger partial charge in [0, 0.05) is 24.2 Å². The molecule has 2 fully saturated rings. The zero-order valence-corrected chi connectivity index (χ0v) is 21.6. The van der Waals surface area contributed by atoms with Crippen molar-refractivity contribution < 1.29 is 13.9 Å². The van der Waals surface area contributed by atoms with E-state index in [-0.39, 0.29) is 23.2 Å². The highest BCUT2D eigenvalue weighted by molar-refractivity contribution is 7.98. The second-order valence-corrected chi connectivity index (χ2v) is 11.2. The molecule has 4 heterocycles. The van der Waals surface area contributed by atoms with E-state index in [9.17, 15) is 9.50 Å². The van der Waals surface area contributed by atoms with E-state index in [1.807, 2.05) is 25.1 Å². The van der Waals surface area contributed by atoms with Crippen molar-refractivity contribution in [2.75, 3.05) is 18.2 Å². The number of piperidine rings is 2. The molecule has 2 saturated heterocycles. The monoisotopic (exact) mass is 512 g/mol. The molecule has 1 aromatic carbocycles. The Hall–Kier alpha value is -2.85. The number of aromatic hydroxyl groups is 1. The number of anilines is 1. The summed E-state index contributed by atoms with van der Waals surface area (Å²) in [5, 5.41) is 23.3. The van der Waals surface area contributed by atoms with E-state index in [4.69, 9.17) is 0 Å². The van der Waals surface area contributed by atoms with Gasteiger partial charge in [0.1, 0.15) is 11.9 Å². The molecule has 0 amide bonds. The number of aromatic nitrogens is 4. The molecule has 0 aliphatic carbocycles. The largest absolute Gasteiger partial charge is 0.507 e. The number of fused-ring (bicyclic) bond motifs is 2. The number of nitrogens with zero attached hydrogens (tertiary/aromatic N) is 5. The molecule has 10 heteroatoms. The highest BCUT2D eigenvalue weighted by Crippen LogP contribution is 2.43. The first-order valence-electron chi connectivity index (χ1n) is 12.0. The molecule has 2 bridgehead atoms. The minimum Gasteiger partial charge on any atom is -0.507 e. The number of pyridine rings is 1. The Bertz CT molecular complexity index is 1280. The van der Waals surface area contributed by atoms with Crippen molar-refractivity contribution in [3.63, 3.8) is 0 Å². The quantitative estimate of drug-likeness (QED) is 0.365. The summed E-state index contributed by atoms with van der Waals surface area (Å²) in [5.41, 5.74) is 0.980. The molecule has 2 N–H and O–H groups in total. The number of nitrogens with one attached hydrogen (secondary N) is 1. The molecule has 2 aliphatic heterocycles. The summed E-state index contributed by atoms with van der Waals surface area (Å²) in [6.07, 6.45) is 5.83. The molecular weight excluding hydrogens is 482 g/mol. The lowest BCUT2D eigenvalue weighted by Gasteiger charge is -2.56. The predicted molar refractivity (Wildman–Crippen MR) is 137 cm³/mol. The van der Waals surface area contributed by atoms with Gasteiger partial charge in [-0.05, 0) is 75.1 Å². The molecule has 2 aromatic heterocycles. The molecule has 0 saturated carbocycles. The number of phenolic OH excluding ortho intramolecular Hbond substituents is 1. The van der Waals surface area contributed by atoms with Crippen molar-refractivity contribution in [2.45, 2.75) is 67.8 Å². The highest BCUT2D eigenvalue weighted by atomic mass is 32.2. The third kappa shape index (κ3) is 4.52. The van der Waals surface area contributed by atoms with Crippen LogP contribution in [0.4, 0.5) is 14.6 Å². The zero-order valence-electron chi connectivity index (χ0n) is 20.8. The molecule has 36 heavy (non-hydrogen) atoms. The van der Waals surface area contributed by atoms with E-state index in [2.05, 4.69) is 32.4 Å². The second kappa shape index (κ2) is 9.23. The fourth-order valence-corrected chi connectivity index (χ4v) is 6.13. The van der Waals surface area contributed by atoms with Gasteiger partial charge < -0.3 is 15.3 Å². The number of rotatable bonds is 5. The summed E-state index contributed by atoms with van der Waals surface area (Å²) in [5.74, 6) is 0.101. The number of hydrogen-bond donors (Lipinski definition) is 2. The lowest BCUT2D eigenvalue weighted by molar-refractivity contribution is 0.00193. The van der Waals surface area contributed by atoms with Crippen molar-refractivity contribution in [3.05, 3.63) is 42.5 Å². The smallest absolute Gasteiger partial charge is 0.214 e. The summed E-state index contributed by atoms with van der Waals surface area (Å²) in [6.45, 7) is 4.13. The van der Waals surface area contributed by atoms with Crippen molar-refractivity contribution in [3.8, 4) is 28.3 Å². The first-order valence-corrected chi connectivity index (χ1v) is 13.2. The van der Waals surface area contributed by atoms with Crippen LogP contribution in [-0.4, -0.2) is 61.9 Å². The Kier molecular flexibility index (Phi) is 6.36. The van der Waals surface area contributed by atoms with Gasteiger partial charge in [0.25, 0.3) is 0 Å². The normalized spacial score (nSPS) is 27.6. The molecule has 2 aliphatic rings. The van der Waals surface area contributed by atoms with E-state index in [0.29, 0.717) is 34.0 Å². The molecule has 0 radical (unpaired) electrons. The van der Waals surface area contributed by atoms with E-state index in [1.165, 1.54) is 17.8 Å². The maximum Gasteiger partial charge on any atom is 0.214 e. The van der Waals surface area contributed by atoms with Crippen LogP contribution < -0.4 is 10.2 Å². The van der Waals surface area contributed by atoms with Crippen LogP contribution >= 0.6 is 11.8 Å². The third-order valence-electron chi connectivity index (χ3n) is 7.58. The van der Waals surface area contributed by atoms with Crippen LogP contribution in [0.5, 0.6) is 5.75 Å². The van der Waals surface area contributed by atoms with Gasteiger partial charge in [-0.1, -0.05) is 6.07 Å². The molecule has 0 spiro atoms. The van der Waals surface area contributed by atoms with Crippen molar-refractivity contribution in [1.82, 2.24) is 25.5 Å². The minimum atomic E-state index is -1.06. The van der Waals surface area contributed by atoms with Crippen molar-refractivity contribution in [2.24, 2.45) is 0 Å². The Morgan fingerprint density at radius 2 is 1.94 bits per heavy atom. The Balaban J connectivity index is 1.38. The number of hydrogen-bond acceptors (Lipinski definition) is 8. The minimum absolute atomic E-state index is 0.0471. The molecule has 3 aromatic rings. The Morgan fingerprint density at radius 3 is 2.64 bits per heavy atom. The fraction of sp³-hybridized carbons (Fsp3) is 0.462. The number of alkyl halides is 1. The first-order chi connectivity index (χ1) is 17.1. The standard InChI is InChI=1S/C26H30F2N6OS/c1-25-8-5-9-26(2,33-25)23(28)18(13-25)34(3)21-14-29-24(32-31-21)17-7-6-15(10-19(17)35)16-11-20(27)30-22(12-16)36-4/h6-7,10-12,14,18,23,33,35H,5,8-9,13H2,1-4H3/t18-,23-,25-,26+/m0/s1. The fourth-order valence-electron chi connectivity index (χ4n) is 5.71. The van der Waals surface area contributed by atoms with Crippen LogP contribution in [0.1, 0.15) is 39.5 Å². The molecule has 5 rings (SSSR count). The highest BCUT2D eigenvalue weighted by Gasteiger charge is 2.53. The first kappa shape index (κ1) is 24.8. The summed E-state index contributed by atoms with van der Waals surface area (Å²) in [4.78, 5) is 10.1. The summed E-state index contributed by atoms with van der Waals surface area (Å²) < 4.78 is 29.5. The lowest BCUT2D eigenvalue weighted by Crippen LogP contribution is -2.72. The van der Waals surface area contributed by atoms with Crippen LogP contribution in [0.2, 0.25) is 0 Å². The molecular formula is C26H30F2N6OS. The molecule has 190 valence electrons. The average molecular weight is 513 g/mol. The van der Waals surface area contributed by atoms with E-state index >= 15 is 4.39 Å². The van der Waals surface area contributed by atoms with Gasteiger partial charge in [-0.15, -0.1) is 22.0 Å². The lowest BCUT2D eigenvalue weighted by atomic mass is 9.68. The zero-order chi connectivity index (χ0) is 25.7. The topological polar surface area (TPSA) is 87.1 Å². The maximum absolute atomic E-state index is 15.6. The summed E-state index contributed by atoms with van der Waals surface area (Å²) in [7, 11) is 1.83. The number of phenols is 1. The SMILES string of the molecule is CSc1cc(-c2ccc(-c3ncc(N(C)[C@H]4C[C@]5(C)CCC[C@@](C)(N5)[C@H]4F)nn3)c(O)c2)cc(F)n1. The van der Waals surface area contributed by atoms with Crippen LogP contribution in [0.25, 0.3) is 22.5 Å². The van der Waals surface area contributed by atoms with Gasteiger partial charge >= 0.3 is 0 Å². The van der Waals surface area contributed by atoms with Gasteiger partial charge in [-0.25, -0.2) is 14.4 Å². The van der Waals surface area contributed by atoms with Gasteiger partial charge in [0.2, 0.25) is 5.95 Å². The molecule has 7 nitrogen and oxygen atoms in total. The van der Waals surface area contributed by atoms with Gasteiger partial charge in [-0.3, -0.25) is 0 Å². The number of thioether (sulfide) groups is 1. The van der Waals surface area contributed by atoms with Crippen LogP contribution in [0.3, 0.4) is 0 Å². The third-order valence-corrected chi connectivity index (χ3v) is 8.21. The van der Waals surface area contributed by atoms with Crippen molar-refractivity contribution in [1.29, 1.82) is 0 Å². The average Bonchev–Trinajstić information content (AvgIpc) is 2.85. The van der Waals surface area contributed by atoms with Crippen LogP contribution in [0, 0.1) is 5.95 Å². The van der Waals surface area contributed by atoms with Gasteiger partial charge in [0.15, 0.2) is 11.6 Å². The maximum atomic E-state index is 15.6. The summed E-state index contributed by atoms with van der Waals surface area (Å²) >= 11 is 1.34. The number of benzene rings is 1. The Labute approximate surface area is 213 Å².